The maximum atomic E-state index is 13.3. The summed E-state index contributed by atoms with van der Waals surface area (Å²) in [6.45, 7) is 0. The predicted octanol–water partition coefficient (Wildman–Crippen LogP) is 4.29. The quantitative estimate of drug-likeness (QED) is 0.834. The molecule has 0 spiro atoms. The third-order valence-electron chi connectivity index (χ3n) is 3.14. The second kappa shape index (κ2) is 5.81. The summed E-state index contributed by atoms with van der Waals surface area (Å²) in [5.41, 5.74) is 0.194. The van der Waals surface area contributed by atoms with Crippen molar-refractivity contribution in [3.8, 4) is 0 Å². The summed E-state index contributed by atoms with van der Waals surface area (Å²) in [6, 6.07) is 7.41. The maximum Gasteiger partial charge on any atom is 0.416 e. The average Bonchev–Trinajstić information content (AvgIpc) is 2.43. The van der Waals surface area contributed by atoms with Gasteiger partial charge in [0.05, 0.1) is 11.6 Å². The largest absolute Gasteiger partial charge is 0.416 e. The fraction of sp³-hybridized carbons (Fsp3) is 0.200. The normalized spacial score (nSPS) is 13.2. The second-order valence-corrected chi connectivity index (χ2v) is 4.52. The Hall–Kier alpha value is -1.95. The molecule has 0 aromatic heterocycles. The average molecular weight is 301 g/mol. The van der Waals surface area contributed by atoms with Gasteiger partial charge in [0.1, 0.15) is 0 Å². The molecule has 0 aliphatic carbocycles. The molecule has 1 nitrogen and oxygen atoms in total. The van der Waals surface area contributed by atoms with Crippen LogP contribution >= 0.6 is 0 Å². The van der Waals surface area contributed by atoms with E-state index in [-0.39, 0.29) is 0 Å². The minimum atomic E-state index is -4.41. The molecule has 1 unspecified atom stereocenters. The van der Waals surface area contributed by atoms with E-state index in [1.165, 1.54) is 18.2 Å². The zero-order valence-corrected chi connectivity index (χ0v) is 11.0. The monoisotopic (exact) mass is 301 g/mol. The number of halogens is 5. The number of rotatable bonds is 3. The Morgan fingerprint density at radius 2 is 1.43 bits per heavy atom. The van der Waals surface area contributed by atoms with E-state index < -0.39 is 29.4 Å². The van der Waals surface area contributed by atoms with E-state index in [1.54, 1.807) is 7.05 Å². The molecule has 2 aromatic rings. The smallest absolute Gasteiger partial charge is 0.309 e. The lowest BCUT2D eigenvalue weighted by molar-refractivity contribution is -0.137. The lowest BCUT2D eigenvalue weighted by Crippen LogP contribution is -2.18. The molecule has 0 amide bonds. The molecule has 112 valence electrons. The zero-order chi connectivity index (χ0) is 15.6. The number of alkyl halides is 3. The van der Waals surface area contributed by atoms with Crippen LogP contribution in [-0.2, 0) is 6.18 Å². The molecular formula is C15H12F5N. The van der Waals surface area contributed by atoms with Gasteiger partial charge in [0.15, 0.2) is 11.6 Å². The molecule has 1 atom stereocenters. The Kier molecular flexibility index (Phi) is 4.27. The van der Waals surface area contributed by atoms with Crippen molar-refractivity contribution >= 4 is 0 Å². The summed E-state index contributed by atoms with van der Waals surface area (Å²) in [5, 5.41) is 2.87. The number of hydrogen-bond donors (Lipinski definition) is 1. The van der Waals surface area contributed by atoms with Crippen LogP contribution in [0, 0.1) is 11.6 Å². The molecule has 6 heteroatoms. The third kappa shape index (κ3) is 3.39. The molecule has 0 bridgehead atoms. The summed E-state index contributed by atoms with van der Waals surface area (Å²) in [7, 11) is 1.59. The summed E-state index contributed by atoms with van der Waals surface area (Å²) < 4.78 is 63.7. The predicted molar refractivity (Wildman–Crippen MR) is 68.7 cm³/mol. The second-order valence-electron chi connectivity index (χ2n) is 4.52. The SMILES string of the molecule is CNC(c1ccc(C(F)(F)F)cc1)c1ccc(F)c(F)c1. The van der Waals surface area contributed by atoms with Crippen LogP contribution in [0.4, 0.5) is 22.0 Å². The Balaban J connectivity index is 2.35. The lowest BCUT2D eigenvalue weighted by atomic mass is 9.97. The number of benzene rings is 2. The standard InChI is InChI=1S/C15H12F5N/c1-21-14(10-4-7-12(16)13(17)8-10)9-2-5-11(6-3-9)15(18,19)20/h2-8,14,21H,1H3. The Morgan fingerprint density at radius 3 is 1.90 bits per heavy atom. The Morgan fingerprint density at radius 1 is 0.857 bits per heavy atom. The molecule has 1 N–H and O–H groups in total. The van der Waals surface area contributed by atoms with Crippen LogP contribution in [0.25, 0.3) is 0 Å². The molecular weight excluding hydrogens is 289 g/mol. The first-order valence-electron chi connectivity index (χ1n) is 6.12. The molecule has 0 saturated carbocycles. The summed E-state index contributed by atoms with van der Waals surface area (Å²) >= 11 is 0. The van der Waals surface area contributed by atoms with Crippen LogP contribution in [0.15, 0.2) is 42.5 Å². The van der Waals surface area contributed by atoms with Crippen molar-refractivity contribution in [2.24, 2.45) is 0 Å². The maximum absolute atomic E-state index is 13.3. The molecule has 0 saturated heterocycles. The third-order valence-corrected chi connectivity index (χ3v) is 3.14. The van der Waals surface area contributed by atoms with Crippen molar-refractivity contribution in [3.05, 3.63) is 70.8 Å². The highest BCUT2D eigenvalue weighted by Gasteiger charge is 2.30. The van der Waals surface area contributed by atoms with Crippen molar-refractivity contribution in [2.75, 3.05) is 7.05 Å². The van der Waals surface area contributed by atoms with Crippen LogP contribution in [0.2, 0.25) is 0 Å². The molecule has 0 aliphatic heterocycles. The van der Waals surface area contributed by atoms with Crippen molar-refractivity contribution in [2.45, 2.75) is 12.2 Å². The van der Waals surface area contributed by atoms with Gasteiger partial charge >= 0.3 is 6.18 Å². The van der Waals surface area contributed by atoms with Gasteiger partial charge in [0.25, 0.3) is 0 Å². The number of hydrogen-bond acceptors (Lipinski definition) is 1. The molecule has 21 heavy (non-hydrogen) atoms. The highest BCUT2D eigenvalue weighted by molar-refractivity contribution is 5.34. The van der Waals surface area contributed by atoms with Gasteiger partial charge in [-0.1, -0.05) is 18.2 Å². The molecule has 0 radical (unpaired) electrons. The Labute approximate surface area is 118 Å². The van der Waals surface area contributed by atoms with Gasteiger partial charge in [-0.3, -0.25) is 0 Å². The molecule has 0 aliphatic rings. The van der Waals surface area contributed by atoms with Crippen LogP contribution in [0.1, 0.15) is 22.7 Å². The van der Waals surface area contributed by atoms with E-state index in [9.17, 15) is 22.0 Å². The van der Waals surface area contributed by atoms with Crippen LogP contribution in [0.3, 0.4) is 0 Å². The first-order chi connectivity index (χ1) is 9.82. The van der Waals surface area contributed by atoms with E-state index in [2.05, 4.69) is 5.32 Å². The van der Waals surface area contributed by atoms with Gasteiger partial charge in [-0.15, -0.1) is 0 Å². The van der Waals surface area contributed by atoms with Gasteiger partial charge in [0, 0.05) is 0 Å². The van der Waals surface area contributed by atoms with Crippen LogP contribution in [0.5, 0.6) is 0 Å². The van der Waals surface area contributed by atoms with Crippen LogP contribution in [-0.4, -0.2) is 7.05 Å². The molecule has 0 heterocycles. The minimum Gasteiger partial charge on any atom is -0.309 e. The fourth-order valence-corrected chi connectivity index (χ4v) is 2.08. The highest BCUT2D eigenvalue weighted by Crippen LogP contribution is 2.31. The van der Waals surface area contributed by atoms with Gasteiger partial charge < -0.3 is 5.32 Å². The first-order valence-corrected chi connectivity index (χ1v) is 6.12. The van der Waals surface area contributed by atoms with Crippen molar-refractivity contribution < 1.29 is 22.0 Å². The molecule has 0 fully saturated rings. The van der Waals surface area contributed by atoms with Crippen molar-refractivity contribution in [3.63, 3.8) is 0 Å². The fourth-order valence-electron chi connectivity index (χ4n) is 2.08. The summed E-state index contributed by atoms with van der Waals surface area (Å²) in [4.78, 5) is 0. The zero-order valence-electron chi connectivity index (χ0n) is 11.0. The minimum absolute atomic E-state index is 0.427. The van der Waals surface area contributed by atoms with E-state index in [1.807, 2.05) is 0 Å². The first kappa shape index (κ1) is 15.4. The van der Waals surface area contributed by atoms with E-state index >= 15 is 0 Å². The van der Waals surface area contributed by atoms with Gasteiger partial charge in [-0.25, -0.2) is 8.78 Å². The van der Waals surface area contributed by atoms with E-state index in [0.29, 0.717) is 11.1 Å². The van der Waals surface area contributed by atoms with Crippen molar-refractivity contribution in [1.82, 2.24) is 5.32 Å². The Bertz CT molecular complexity index is 619. The van der Waals surface area contributed by atoms with Gasteiger partial charge in [-0.2, -0.15) is 13.2 Å². The molecule has 2 rings (SSSR count). The molecule has 2 aromatic carbocycles. The van der Waals surface area contributed by atoms with Crippen LogP contribution < -0.4 is 5.32 Å². The topological polar surface area (TPSA) is 12.0 Å². The van der Waals surface area contributed by atoms with Crippen molar-refractivity contribution in [1.29, 1.82) is 0 Å². The van der Waals surface area contributed by atoms with E-state index in [0.717, 1.165) is 24.3 Å². The summed E-state index contributed by atoms with van der Waals surface area (Å²) in [6.07, 6.45) is -4.41. The van der Waals surface area contributed by atoms with E-state index in [4.69, 9.17) is 0 Å². The summed E-state index contributed by atoms with van der Waals surface area (Å²) in [5.74, 6) is -1.97. The van der Waals surface area contributed by atoms with Gasteiger partial charge in [0.2, 0.25) is 0 Å². The lowest BCUT2D eigenvalue weighted by Gasteiger charge is -2.18. The van der Waals surface area contributed by atoms with Gasteiger partial charge in [-0.05, 0) is 42.4 Å². The highest BCUT2D eigenvalue weighted by atomic mass is 19.4. The number of nitrogens with one attached hydrogen (secondary N) is 1.